The molecule has 92 valence electrons. The second kappa shape index (κ2) is 5.60. The molecule has 0 aliphatic heterocycles. The smallest absolute Gasteiger partial charge is 0.131 e. The van der Waals surface area contributed by atoms with Gasteiger partial charge in [0.15, 0.2) is 0 Å². The van der Waals surface area contributed by atoms with Crippen LogP contribution in [-0.2, 0) is 6.42 Å². The fourth-order valence-electron chi connectivity index (χ4n) is 1.63. The Morgan fingerprint density at radius 1 is 1.33 bits per heavy atom. The molecule has 0 bridgehead atoms. The van der Waals surface area contributed by atoms with Gasteiger partial charge in [0, 0.05) is 12.3 Å². The van der Waals surface area contributed by atoms with Gasteiger partial charge in [-0.2, -0.15) is 0 Å². The maximum atomic E-state index is 5.84. The van der Waals surface area contributed by atoms with Gasteiger partial charge in [-0.05, 0) is 24.1 Å². The van der Waals surface area contributed by atoms with E-state index in [1.54, 1.807) is 18.3 Å². The van der Waals surface area contributed by atoms with Gasteiger partial charge < -0.3 is 10.5 Å². The van der Waals surface area contributed by atoms with Crippen LogP contribution in [0.4, 0.5) is 0 Å². The van der Waals surface area contributed by atoms with Gasteiger partial charge in [-0.3, -0.25) is 4.98 Å². The molecule has 2 N–H and O–H groups in total. The molecule has 0 fully saturated rings. The molecular formula is C14H14N2OS. The van der Waals surface area contributed by atoms with Crippen LogP contribution in [0.2, 0.25) is 0 Å². The highest BCUT2D eigenvalue weighted by Gasteiger charge is 2.04. The molecule has 0 aliphatic rings. The fraction of sp³-hybridized carbons (Fsp3) is 0.143. The number of thiocarbonyl (C=S) groups is 1. The third-order valence-corrected chi connectivity index (χ3v) is 2.77. The molecule has 0 aliphatic carbocycles. The second-order valence-electron chi connectivity index (χ2n) is 3.80. The summed E-state index contributed by atoms with van der Waals surface area (Å²) in [4.78, 5) is 4.34. The molecular weight excluding hydrogens is 244 g/mol. The first-order chi connectivity index (χ1) is 8.70. The summed E-state index contributed by atoms with van der Waals surface area (Å²) < 4.78 is 5.84. The largest absolute Gasteiger partial charge is 0.457 e. The van der Waals surface area contributed by atoms with E-state index in [-0.39, 0.29) is 4.99 Å². The van der Waals surface area contributed by atoms with Crippen LogP contribution in [0.3, 0.4) is 0 Å². The van der Waals surface area contributed by atoms with Crippen molar-refractivity contribution in [3.8, 4) is 11.5 Å². The van der Waals surface area contributed by atoms with Crippen LogP contribution in [0.25, 0.3) is 0 Å². The molecule has 0 saturated heterocycles. The Kier molecular flexibility index (Phi) is 3.89. The van der Waals surface area contributed by atoms with Crippen LogP contribution < -0.4 is 10.5 Å². The first-order valence-electron chi connectivity index (χ1n) is 5.72. The molecule has 0 unspecified atom stereocenters. The van der Waals surface area contributed by atoms with Crippen molar-refractivity contribution in [1.29, 1.82) is 0 Å². The number of nitrogens with zero attached hydrogens (tertiary/aromatic N) is 1. The molecule has 2 aromatic rings. The topological polar surface area (TPSA) is 48.1 Å². The monoisotopic (exact) mass is 258 g/mol. The molecule has 1 aromatic carbocycles. The number of aryl methyl sites for hydroxylation is 1. The van der Waals surface area contributed by atoms with Crippen molar-refractivity contribution in [2.75, 3.05) is 0 Å². The van der Waals surface area contributed by atoms with Gasteiger partial charge in [0.2, 0.25) is 0 Å². The van der Waals surface area contributed by atoms with E-state index in [4.69, 9.17) is 22.7 Å². The number of nitrogens with two attached hydrogens (primary N) is 1. The summed E-state index contributed by atoms with van der Waals surface area (Å²) in [6, 6.07) is 11.5. The van der Waals surface area contributed by atoms with Crippen LogP contribution in [0.1, 0.15) is 18.2 Å². The highest BCUT2D eigenvalue weighted by Crippen LogP contribution is 2.25. The SMILES string of the molecule is CCc1ccccc1Oc1ccnc(C(N)=S)c1. The third kappa shape index (κ3) is 2.84. The maximum Gasteiger partial charge on any atom is 0.131 e. The molecule has 18 heavy (non-hydrogen) atoms. The molecule has 0 radical (unpaired) electrons. The zero-order valence-corrected chi connectivity index (χ0v) is 10.9. The van der Waals surface area contributed by atoms with Gasteiger partial charge in [-0.25, -0.2) is 0 Å². The molecule has 3 nitrogen and oxygen atoms in total. The van der Waals surface area contributed by atoms with Gasteiger partial charge in [0.1, 0.15) is 22.2 Å². The van der Waals surface area contributed by atoms with E-state index in [9.17, 15) is 0 Å². The number of hydrogen-bond acceptors (Lipinski definition) is 3. The van der Waals surface area contributed by atoms with Crippen LogP contribution in [0, 0.1) is 0 Å². The van der Waals surface area contributed by atoms with E-state index in [1.165, 1.54) is 0 Å². The van der Waals surface area contributed by atoms with E-state index in [0.717, 1.165) is 17.7 Å². The lowest BCUT2D eigenvalue weighted by Crippen LogP contribution is -2.11. The van der Waals surface area contributed by atoms with Crippen molar-refractivity contribution in [2.45, 2.75) is 13.3 Å². The number of para-hydroxylation sites is 1. The van der Waals surface area contributed by atoms with Gasteiger partial charge in [0.05, 0.1) is 0 Å². The Morgan fingerprint density at radius 3 is 2.83 bits per heavy atom. The minimum Gasteiger partial charge on any atom is -0.457 e. The van der Waals surface area contributed by atoms with Crippen molar-refractivity contribution in [3.05, 3.63) is 53.9 Å². The van der Waals surface area contributed by atoms with Crippen molar-refractivity contribution in [3.63, 3.8) is 0 Å². The normalized spacial score (nSPS) is 10.1. The number of ether oxygens (including phenoxy) is 1. The lowest BCUT2D eigenvalue weighted by molar-refractivity contribution is 0.476. The van der Waals surface area contributed by atoms with E-state index in [2.05, 4.69) is 11.9 Å². The Labute approximate surface area is 112 Å². The summed E-state index contributed by atoms with van der Waals surface area (Å²) >= 11 is 4.89. The van der Waals surface area contributed by atoms with Gasteiger partial charge in [0.25, 0.3) is 0 Å². The van der Waals surface area contributed by atoms with Crippen LogP contribution in [0.5, 0.6) is 11.5 Å². The first-order valence-corrected chi connectivity index (χ1v) is 6.13. The van der Waals surface area contributed by atoms with Crippen LogP contribution >= 0.6 is 12.2 Å². The summed E-state index contributed by atoms with van der Waals surface area (Å²) in [5, 5.41) is 0. The summed E-state index contributed by atoms with van der Waals surface area (Å²) in [6.07, 6.45) is 2.56. The number of benzene rings is 1. The lowest BCUT2D eigenvalue weighted by atomic mass is 10.1. The van der Waals surface area contributed by atoms with E-state index in [1.807, 2.05) is 24.3 Å². The molecule has 0 spiro atoms. The van der Waals surface area contributed by atoms with E-state index < -0.39 is 0 Å². The number of hydrogen-bond donors (Lipinski definition) is 1. The number of aromatic nitrogens is 1. The molecule has 1 aromatic heterocycles. The van der Waals surface area contributed by atoms with Gasteiger partial charge in [-0.15, -0.1) is 0 Å². The summed E-state index contributed by atoms with van der Waals surface area (Å²) in [5.74, 6) is 1.54. The minimum absolute atomic E-state index is 0.268. The molecule has 1 heterocycles. The van der Waals surface area contributed by atoms with Crippen molar-refractivity contribution < 1.29 is 4.74 Å². The Balaban J connectivity index is 2.28. The molecule has 4 heteroatoms. The third-order valence-electron chi connectivity index (χ3n) is 2.57. The Morgan fingerprint density at radius 2 is 2.11 bits per heavy atom. The zero-order valence-electron chi connectivity index (χ0n) is 10.1. The Bertz CT molecular complexity index is 569. The van der Waals surface area contributed by atoms with Gasteiger partial charge >= 0.3 is 0 Å². The van der Waals surface area contributed by atoms with E-state index in [0.29, 0.717) is 11.4 Å². The minimum atomic E-state index is 0.268. The summed E-state index contributed by atoms with van der Waals surface area (Å²) in [6.45, 7) is 2.09. The molecule has 0 amide bonds. The maximum absolute atomic E-state index is 5.84. The van der Waals surface area contributed by atoms with Crippen molar-refractivity contribution >= 4 is 17.2 Å². The van der Waals surface area contributed by atoms with Gasteiger partial charge in [-0.1, -0.05) is 37.3 Å². The van der Waals surface area contributed by atoms with Crippen LogP contribution in [0.15, 0.2) is 42.6 Å². The second-order valence-corrected chi connectivity index (χ2v) is 4.24. The van der Waals surface area contributed by atoms with Crippen molar-refractivity contribution in [2.24, 2.45) is 5.73 Å². The highest BCUT2D eigenvalue weighted by molar-refractivity contribution is 7.80. The molecule has 2 rings (SSSR count). The molecule has 0 atom stereocenters. The fourth-order valence-corrected chi connectivity index (χ4v) is 1.74. The zero-order chi connectivity index (χ0) is 13.0. The summed E-state index contributed by atoms with van der Waals surface area (Å²) in [5.41, 5.74) is 7.27. The first kappa shape index (κ1) is 12.5. The summed E-state index contributed by atoms with van der Waals surface area (Å²) in [7, 11) is 0. The number of rotatable bonds is 4. The number of pyridine rings is 1. The van der Waals surface area contributed by atoms with Crippen molar-refractivity contribution in [1.82, 2.24) is 4.98 Å². The van der Waals surface area contributed by atoms with E-state index >= 15 is 0 Å². The molecule has 0 saturated carbocycles. The predicted molar refractivity (Wildman–Crippen MR) is 76.0 cm³/mol. The average molecular weight is 258 g/mol. The lowest BCUT2D eigenvalue weighted by Gasteiger charge is -2.10. The standard InChI is InChI=1S/C14H14N2OS/c1-2-10-5-3-4-6-13(10)17-11-7-8-16-12(9-11)14(15)18/h3-9H,2H2,1H3,(H2,15,18). The predicted octanol–water partition coefficient (Wildman–Crippen LogP) is 3.07. The average Bonchev–Trinajstić information content (AvgIpc) is 2.39. The highest BCUT2D eigenvalue weighted by atomic mass is 32.1. The Hall–Kier alpha value is -1.94. The van der Waals surface area contributed by atoms with Crippen LogP contribution in [-0.4, -0.2) is 9.97 Å². The quantitative estimate of drug-likeness (QED) is 0.856.